The van der Waals surface area contributed by atoms with E-state index in [0.29, 0.717) is 13.2 Å². The van der Waals surface area contributed by atoms with Crippen molar-refractivity contribution in [3.05, 3.63) is 59.7 Å². The van der Waals surface area contributed by atoms with Crippen LogP contribution >= 0.6 is 12.4 Å². The number of amides is 1. The molecule has 1 amide bonds. The molecule has 156 valence electrons. The maximum absolute atomic E-state index is 12.9. The van der Waals surface area contributed by atoms with Crippen LogP contribution in [0.25, 0.3) is 0 Å². The van der Waals surface area contributed by atoms with Crippen molar-refractivity contribution >= 4 is 18.3 Å². The number of carbonyl (C=O) groups is 1. The Labute approximate surface area is 178 Å². The molecule has 0 spiro atoms. The van der Waals surface area contributed by atoms with Gasteiger partial charge in [-0.3, -0.25) is 9.69 Å². The first-order valence-electron chi connectivity index (χ1n) is 9.85. The Morgan fingerprint density at radius 1 is 1.21 bits per heavy atom. The number of ether oxygens (including phenoxy) is 2. The summed E-state index contributed by atoms with van der Waals surface area (Å²) in [5.74, 6) is 1.77. The first-order valence-corrected chi connectivity index (χ1v) is 9.85. The summed E-state index contributed by atoms with van der Waals surface area (Å²) in [7, 11) is 1.69. The number of hydrogen-bond acceptors (Lipinski definition) is 5. The van der Waals surface area contributed by atoms with Crippen LogP contribution in [-0.2, 0) is 4.79 Å². The van der Waals surface area contributed by atoms with Gasteiger partial charge in [-0.05, 0) is 12.1 Å². The van der Waals surface area contributed by atoms with Crippen LogP contribution in [0, 0.1) is 0 Å². The van der Waals surface area contributed by atoms with Crippen LogP contribution in [0.4, 0.5) is 0 Å². The van der Waals surface area contributed by atoms with Crippen molar-refractivity contribution in [1.29, 1.82) is 0 Å². The summed E-state index contributed by atoms with van der Waals surface area (Å²) in [5, 5.41) is 6.65. The summed E-state index contributed by atoms with van der Waals surface area (Å²) in [6.07, 6.45) is 0.792. The lowest BCUT2D eigenvalue weighted by Gasteiger charge is -2.37. The highest BCUT2D eigenvalue weighted by Gasteiger charge is 2.29. The fourth-order valence-corrected chi connectivity index (χ4v) is 4.10. The maximum Gasteiger partial charge on any atom is 0.234 e. The van der Waals surface area contributed by atoms with Gasteiger partial charge in [0.15, 0.2) is 0 Å². The molecule has 0 radical (unpaired) electrons. The quantitative estimate of drug-likeness (QED) is 0.783. The van der Waals surface area contributed by atoms with E-state index in [2.05, 4.69) is 21.6 Å². The minimum absolute atomic E-state index is 0. The average molecular weight is 418 g/mol. The number of fused-ring (bicyclic) bond motifs is 1. The standard InChI is InChI=1S/C22H27N3O3.ClH/c1-27-20-8-4-3-7-17(20)19-14-23-11-12-25(19)15-22(26)24-18-10-13-28-21-9-5-2-6-16(18)21;/h2-9,18-19,23H,10-15H2,1H3,(H,24,26);1H. The van der Waals surface area contributed by atoms with Gasteiger partial charge in [-0.25, -0.2) is 0 Å². The highest BCUT2D eigenvalue weighted by atomic mass is 35.5. The van der Waals surface area contributed by atoms with Crippen LogP contribution in [0.3, 0.4) is 0 Å². The van der Waals surface area contributed by atoms with Crippen LogP contribution in [0.1, 0.15) is 29.6 Å². The summed E-state index contributed by atoms with van der Waals surface area (Å²) < 4.78 is 11.2. The molecule has 7 heteroatoms. The molecule has 2 aromatic carbocycles. The fourth-order valence-electron chi connectivity index (χ4n) is 4.10. The van der Waals surface area contributed by atoms with Crippen LogP contribution in [0.2, 0.25) is 0 Å². The Morgan fingerprint density at radius 3 is 2.79 bits per heavy atom. The van der Waals surface area contributed by atoms with E-state index in [1.165, 1.54) is 0 Å². The van der Waals surface area contributed by atoms with Crippen LogP contribution in [0.5, 0.6) is 11.5 Å². The van der Waals surface area contributed by atoms with E-state index in [4.69, 9.17) is 9.47 Å². The zero-order valence-corrected chi connectivity index (χ0v) is 17.4. The predicted octanol–water partition coefficient (Wildman–Crippen LogP) is 2.70. The lowest BCUT2D eigenvalue weighted by Crippen LogP contribution is -2.50. The third kappa shape index (κ3) is 4.83. The highest BCUT2D eigenvalue weighted by molar-refractivity contribution is 5.85. The summed E-state index contributed by atoms with van der Waals surface area (Å²) in [5.41, 5.74) is 2.17. The van der Waals surface area contributed by atoms with Crippen molar-refractivity contribution in [2.75, 3.05) is 39.9 Å². The van der Waals surface area contributed by atoms with E-state index < -0.39 is 0 Å². The number of halogens is 1. The number of carbonyl (C=O) groups excluding carboxylic acids is 1. The molecular weight excluding hydrogens is 390 g/mol. The van der Waals surface area contributed by atoms with Crippen molar-refractivity contribution in [1.82, 2.24) is 15.5 Å². The number of benzene rings is 2. The summed E-state index contributed by atoms with van der Waals surface area (Å²) in [4.78, 5) is 15.1. The third-order valence-electron chi connectivity index (χ3n) is 5.49. The first kappa shape index (κ1) is 21.4. The van der Waals surface area contributed by atoms with Crippen molar-refractivity contribution < 1.29 is 14.3 Å². The molecule has 4 rings (SSSR count). The SMILES string of the molecule is COc1ccccc1C1CNCCN1CC(=O)NC1CCOc2ccccc21.Cl. The molecule has 2 aromatic rings. The number of nitrogens with one attached hydrogen (secondary N) is 2. The van der Waals surface area contributed by atoms with E-state index in [0.717, 1.165) is 48.7 Å². The smallest absolute Gasteiger partial charge is 0.234 e. The maximum atomic E-state index is 12.9. The highest BCUT2D eigenvalue weighted by Crippen LogP contribution is 2.32. The van der Waals surface area contributed by atoms with Gasteiger partial charge in [-0.2, -0.15) is 0 Å². The first-order chi connectivity index (χ1) is 13.8. The second kappa shape index (κ2) is 9.96. The Kier molecular flexibility index (Phi) is 7.36. The average Bonchev–Trinajstić information content (AvgIpc) is 2.74. The second-order valence-corrected chi connectivity index (χ2v) is 7.23. The molecule has 29 heavy (non-hydrogen) atoms. The van der Waals surface area contributed by atoms with Crippen molar-refractivity contribution in [3.63, 3.8) is 0 Å². The Morgan fingerprint density at radius 2 is 1.97 bits per heavy atom. The molecule has 1 fully saturated rings. The molecule has 6 nitrogen and oxygen atoms in total. The zero-order valence-electron chi connectivity index (χ0n) is 16.6. The number of methoxy groups -OCH3 is 1. The van der Waals surface area contributed by atoms with Gasteiger partial charge in [-0.15, -0.1) is 12.4 Å². The lowest BCUT2D eigenvalue weighted by molar-refractivity contribution is -0.124. The van der Waals surface area contributed by atoms with E-state index in [-0.39, 0.29) is 30.4 Å². The van der Waals surface area contributed by atoms with Gasteiger partial charge >= 0.3 is 0 Å². The molecule has 2 N–H and O–H groups in total. The minimum Gasteiger partial charge on any atom is -0.496 e. The normalized spacial score (nSPS) is 21.3. The Balaban J connectivity index is 0.00000240. The van der Waals surface area contributed by atoms with Crippen molar-refractivity contribution in [3.8, 4) is 11.5 Å². The Hall–Kier alpha value is -2.28. The molecule has 0 saturated carbocycles. The molecule has 2 atom stereocenters. The number of para-hydroxylation sites is 2. The van der Waals surface area contributed by atoms with Gasteiger partial charge in [0.05, 0.1) is 32.3 Å². The lowest BCUT2D eigenvalue weighted by atomic mass is 10.00. The number of nitrogens with zero attached hydrogens (tertiary/aromatic N) is 1. The van der Waals surface area contributed by atoms with Crippen LogP contribution < -0.4 is 20.1 Å². The number of piperazine rings is 1. The predicted molar refractivity (Wildman–Crippen MR) is 115 cm³/mol. The minimum atomic E-state index is 0. The molecule has 0 bridgehead atoms. The van der Waals surface area contributed by atoms with E-state index in [1.807, 2.05) is 42.5 Å². The topological polar surface area (TPSA) is 62.8 Å². The van der Waals surface area contributed by atoms with E-state index in [9.17, 15) is 4.79 Å². The van der Waals surface area contributed by atoms with Gasteiger partial charge < -0.3 is 20.1 Å². The van der Waals surface area contributed by atoms with E-state index >= 15 is 0 Å². The molecular formula is C22H28ClN3O3. The zero-order chi connectivity index (χ0) is 19.3. The molecule has 2 aliphatic heterocycles. The monoisotopic (exact) mass is 417 g/mol. The van der Waals surface area contributed by atoms with Crippen LogP contribution in [-0.4, -0.2) is 50.7 Å². The van der Waals surface area contributed by atoms with Gasteiger partial charge in [0, 0.05) is 37.2 Å². The van der Waals surface area contributed by atoms with Crippen LogP contribution in [0.15, 0.2) is 48.5 Å². The summed E-state index contributed by atoms with van der Waals surface area (Å²) in [6, 6.07) is 16.1. The van der Waals surface area contributed by atoms with Gasteiger partial charge in [-0.1, -0.05) is 36.4 Å². The third-order valence-corrected chi connectivity index (χ3v) is 5.49. The molecule has 0 aliphatic carbocycles. The second-order valence-electron chi connectivity index (χ2n) is 7.23. The van der Waals surface area contributed by atoms with Crippen molar-refractivity contribution in [2.45, 2.75) is 18.5 Å². The van der Waals surface area contributed by atoms with Gasteiger partial charge in [0.2, 0.25) is 5.91 Å². The van der Waals surface area contributed by atoms with Gasteiger partial charge in [0.1, 0.15) is 11.5 Å². The Bertz CT molecular complexity index is 832. The molecule has 0 aromatic heterocycles. The molecule has 2 heterocycles. The van der Waals surface area contributed by atoms with Crippen molar-refractivity contribution in [2.24, 2.45) is 0 Å². The summed E-state index contributed by atoms with van der Waals surface area (Å²) >= 11 is 0. The number of rotatable bonds is 5. The fraction of sp³-hybridized carbons (Fsp3) is 0.409. The largest absolute Gasteiger partial charge is 0.496 e. The number of hydrogen-bond donors (Lipinski definition) is 2. The molecule has 1 saturated heterocycles. The molecule has 2 aliphatic rings. The van der Waals surface area contributed by atoms with Gasteiger partial charge in [0.25, 0.3) is 0 Å². The summed E-state index contributed by atoms with van der Waals surface area (Å²) in [6.45, 7) is 3.48. The van der Waals surface area contributed by atoms with E-state index in [1.54, 1.807) is 7.11 Å². The molecule has 2 unspecified atom stereocenters.